The first-order valence-corrected chi connectivity index (χ1v) is 11.1. The Morgan fingerprint density at radius 1 is 1.12 bits per heavy atom. The van der Waals surface area contributed by atoms with E-state index in [9.17, 15) is 4.79 Å². The topological polar surface area (TPSA) is 119 Å². The third-order valence-corrected chi connectivity index (χ3v) is 6.16. The molecular weight excluding hydrogens is 428 g/mol. The van der Waals surface area contributed by atoms with Gasteiger partial charge in [-0.1, -0.05) is 11.6 Å². The van der Waals surface area contributed by atoms with Crippen molar-refractivity contribution in [3.8, 4) is 11.4 Å². The van der Waals surface area contributed by atoms with E-state index >= 15 is 0 Å². The molecule has 0 fully saturated rings. The van der Waals surface area contributed by atoms with Crippen LogP contribution in [-0.2, 0) is 13.1 Å². The minimum atomic E-state index is -0.182. The average Bonchev–Trinajstić information content (AvgIpc) is 3.44. The lowest BCUT2D eigenvalue weighted by atomic mass is 10.1. The second-order valence-corrected chi connectivity index (χ2v) is 8.55. The standard InChI is InChI=1S/C25H26N8O/c1-5-33-15(3)17(11-28-33)13-32(4)25(34)23-18-8-14(2)6-7-21(18)29-24(30-23)16-9-20(26)19-12-27-31-22(19)10-16/h6-12H,5,13,26H2,1-4H3,(H,27,31). The van der Waals surface area contributed by atoms with Crippen LogP contribution >= 0.6 is 0 Å². The molecule has 9 nitrogen and oxygen atoms in total. The number of carbonyl (C=O) groups is 1. The first-order valence-electron chi connectivity index (χ1n) is 11.1. The van der Waals surface area contributed by atoms with Crippen molar-refractivity contribution in [1.29, 1.82) is 0 Å². The highest BCUT2D eigenvalue weighted by Gasteiger charge is 2.21. The molecule has 5 rings (SSSR count). The summed E-state index contributed by atoms with van der Waals surface area (Å²) in [5.74, 6) is 0.254. The number of aromatic amines is 1. The highest BCUT2D eigenvalue weighted by atomic mass is 16.2. The molecule has 3 heterocycles. The van der Waals surface area contributed by atoms with Gasteiger partial charge in [0.2, 0.25) is 0 Å². The largest absolute Gasteiger partial charge is 0.398 e. The smallest absolute Gasteiger partial charge is 0.273 e. The van der Waals surface area contributed by atoms with Gasteiger partial charge in [0.05, 0.1) is 23.4 Å². The Morgan fingerprint density at radius 2 is 1.94 bits per heavy atom. The number of H-pyrrole nitrogens is 1. The van der Waals surface area contributed by atoms with E-state index in [1.54, 1.807) is 18.1 Å². The maximum atomic E-state index is 13.7. The summed E-state index contributed by atoms with van der Waals surface area (Å²) in [5, 5.41) is 13.0. The zero-order valence-electron chi connectivity index (χ0n) is 19.6. The van der Waals surface area contributed by atoms with Crippen LogP contribution < -0.4 is 5.73 Å². The molecular formula is C25H26N8O. The number of nitrogens with one attached hydrogen (secondary N) is 1. The molecule has 3 N–H and O–H groups in total. The van der Waals surface area contributed by atoms with E-state index in [4.69, 9.17) is 15.7 Å². The van der Waals surface area contributed by atoms with Crippen molar-refractivity contribution in [3.05, 3.63) is 65.2 Å². The number of amides is 1. The van der Waals surface area contributed by atoms with Gasteiger partial charge in [0.1, 0.15) is 5.69 Å². The molecule has 0 atom stereocenters. The zero-order chi connectivity index (χ0) is 24.0. The number of aryl methyl sites for hydroxylation is 2. The number of rotatable bonds is 5. The summed E-state index contributed by atoms with van der Waals surface area (Å²) < 4.78 is 1.92. The van der Waals surface area contributed by atoms with Gasteiger partial charge in [-0.15, -0.1) is 0 Å². The van der Waals surface area contributed by atoms with Crippen LogP contribution in [-0.4, -0.2) is 47.8 Å². The Hall–Kier alpha value is -4.27. The molecule has 9 heteroatoms. The van der Waals surface area contributed by atoms with Gasteiger partial charge in [-0.25, -0.2) is 9.97 Å². The number of benzene rings is 2. The van der Waals surface area contributed by atoms with Gasteiger partial charge >= 0.3 is 0 Å². The summed E-state index contributed by atoms with van der Waals surface area (Å²) >= 11 is 0. The Labute approximate surface area is 196 Å². The molecule has 0 saturated heterocycles. The Bertz CT molecular complexity index is 1550. The van der Waals surface area contributed by atoms with Crippen molar-refractivity contribution < 1.29 is 4.79 Å². The van der Waals surface area contributed by atoms with Crippen molar-refractivity contribution in [3.63, 3.8) is 0 Å². The number of nitrogen functional groups attached to an aromatic ring is 1. The molecule has 0 bridgehead atoms. The molecule has 0 radical (unpaired) electrons. The number of nitrogens with zero attached hydrogens (tertiary/aromatic N) is 6. The fraction of sp³-hybridized carbons (Fsp3) is 0.240. The van der Waals surface area contributed by atoms with Crippen LogP contribution in [0.2, 0.25) is 0 Å². The summed E-state index contributed by atoms with van der Waals surface area (Å²) in [6.07, 6.45) is 3.50. The number of hydrogen-bond donors (Lipinski definition) is 2. The molecule has 3 aromatic heterocycles. The highest BCUT2D eigenvalue weighted by molar-refractivity contribution is 6.05. The van der Waals surface area contributed by atoms with E-state index in [0.29, 0.717) is 34.8 Å². The number of fused-ring (bicyclic) bond motifs is 2. The summed E-state index contributed by atoms with van der Waals surface area (Å²) in [4.78, 5) is 24.8. The van der Waals surface area contributed by atoms with Crippen LogP contribution in [0.25, 0.3) is 33.2 Å². The molecule has 0 aliphatic rings. The summed E-state index contributed by atoms with van der Waals surface area (Å²) in [7, 11) is 1.78. The quantitative estimate of drug-likeness (QED) is 0.389. The van der Waals surface area contributed by atoms with E-state index in [2.05, 4.69) is 15.3 Å². The minimum Gasteiger partial charge on any atom is -0.398 e. The lowest BCUT2D eigenvalue weighted by molar-refractivity contribution is 0.0781. The van der Waals surface area contributed by atoms with Crippen LogP contribution in [0, 0.1) is 13.8 Å². The lowest BCUT2D eigenvalue weighted by Crippen LogP contribution is -2.28. The van der Waals surface area contributed by atoms with E-state index in [0.717, 1.165) is 39.7 Å². The molecule has 0 aliphatic heterocycles. The second-order valence-electron chi connectivity index (χ2n) is 8.55. The summed E-state index contributed by atoms with van der Waals surface area (Å²) in [6, 6.07) is 9.56. The van der Waals surface area contributed by atoms with E-state index in [1.165, 1.54) is 0 Å². The van der Waals surface area contributed by atoms with E-state index in [-0.39, 0.29) is 5.91 Å². The summed E-state index contributed by atoms with van der Waals surface area (Å²) in [6.45, 7) is 7.27. The highest BCUT2D eigenvalue weighted by Crippen LogP contribution is 2.29. The van der Waals surface area contributed by atoms with Gasteiger partial charge in [-0.2, -0.15) is 10.2 Å². The third-order valence-electron chi connectivity index (χ3n) is 6.16. The van der Waals surface area contributed by atoms with Crippen LogP contribution in [0.3, 0.4) is 0 Å². The molecule has 172 valence electrons. The van der Waals surface area contributed by atoms with Gasteiger partial charge < -0.3 is 10.6 Å². The van der Waals surface area contributed by atoms with Gasteiger partial charge in [-0.05, 0) is 45.0 Å². The molecule has 0 spiro atoms. The van der Waals surface area contributed by atoms with Crippen molar-refractivity contribution in [2.24, 2.45) is 0 Å². The van der Waals surface area contributed by atoms with Crippen molar-refractivity contribution in [2.75, 3.05) is 12.8 Å². The first kappa shape index (κ1) is 21.6. The van der Waals surface area contributed by atoms with Crippen molar-refractivity contribution in [1.82, 2.24) is 34.8 Å². The Morgan fingerprint density at radius 3 is 2.71 bits per heavy atom. The number of anilines is 1. The molecule has 34 heavy (non-hydrogen) atoms. The molecule has 0 saturated carbocycles. The third kappa shape index (κ3) is 3.64. The molecule has 0 unspecified atom stereocenters. The predicted octanol–water partition coefficient (Wildman–Crippen LogP) is 3.86. The SMILES string of the molecule is CCn1ncc(CN(C)C(=O)c2nc(-c3cc(N)c4cn[nH]c4c3)nc3ccc(C)cc23)c1C. The lowest BCUT2D eigenvalue weighted by Gasteiger charge is -2.18. The van der Waals surface area contributed by atoms with Crippen molar-refractivity contribution >= 4 is 33.4 Å². The van der Waals surface area contributed by atoms with Crippen molar-refractivity contribution in [2.45, 2.75) is 33.9 Å². The maximum Gasteiger partial charge on any atom is 0.273 e. The number of nitrogens with two attached hydrogens (primary N) is 1. The minimum absolute atomic E-state index is 0.182. The van der Waals surface area contributed by atoms with Crippen LogP contribution in [0.15, 0.2) is 42.7 Å². The normalized spacial score (nSPS) is 11.4. The number of hydrogen-bond acceptors (Lipinski definition) is 6. The molecule has 0 aliphatic carbocycles. The summed E-state index contributed by atoms with van der Waals surface area (Å²) in [5.41, 5.74) is 12.5. The molecule has 1 amide bonds. The predicted molar refractivity (Wildman–Crippen MR) is 132 cm³/mol. The number of aromatic nitrogens is 6. The van der Waals surface area contributed by atoms with E-state index in [1.807, 2.05) is 62.0 Å². The van der Waals surface area contributed by atoms with Gasteiger partial charge in [0.15, 0.2) is 5.82 Å². The van der Waals surface area contributed by atoms with Gasteiger partial charge in [-0.3, -0.25) is 14.6 Å². The maximum absolute atomic E-state index is 13.7. The number of carbonyl (C=O) groups excluding carboxylic acids is 1. The van der Waals surface area contributed by atoms with Gasteiger partial charge in [0, 0.05) is 53.4 Å². The Kier molecular flexibility index (Phi) is 5.24. The average molecular weight is 455 g/mol. The van der Waals surface area contributed by atoms with Crippen LogP contribution in [0.5, 0.6) is 0 Å². The van der Waals surface area contributed by atoms with Gasteiger partial charge in [0.25, 0.3) is 5.91 Å². The van der Waals surface area contributed by atoms with Crippen LogP contribution in [0.4, 0.5) is 5.69 Å². The fourth-order valence-corrected chi connectivity index (χ4v) is 4.21. The monoisotopic (exact) mass is 454 g/mol. The van der Waals surface area contributed by atoms with Crippen LogP contribution in [0.1, 0.15) is 34.2 Å². The first-order chi connectivity index (χ1) is 16.4. The zero-order valence-corrected chi connectivity index (χ0v) is 19.6. The second kappa shape index (κ2) is 8.26. The molecule has 2 aromatic carbocycles. The fourth-order valence-electron chi connectivity index (χ4n) is 4.21. The van der Waals surface area contributed by atoms with E-state index < -0.39 is 0 Å². The molecule has 5 aromatic rings. The Balaban J connectivity index is 1.60.